The average molecular weight is 197 g/mol. The van der Waals surface area contributed by atoms with E-state index in [9.17, 15) is 4.79 Å². The number of nitrogens with two attached hydrogens (primary N) is 1. The molecule has 13 heavy (non-hydrogen) atoms. The topological polar surface area (TPSA) is 43.1 Å². The zero-order valence-corrected chi connectivity index (χ0v) is 8.86. The average Bonchev–Trinajstić information content (AvgIpc) is 2.47. The first-order chi connectivity index (χ1) is 6.11. The number of carbonyl (C=O) groups is 1. The summed E-state index contributed by atoms with van der Waals surface area (Å²) in [5.74, 6) is 0.213. The van der Waals surface area contributed by atoms with Gasteiger partial charge in [0.05, 0.1) is 0 Å². The molecule has 72 valence electrons. The number of hydrogen-bond donors (Lipinski definition) is 1. The minimum absolute atomic E-state index is 0.0314. The van der Waals surface area contributed by atoms with E-state index in [4.69, 9.17) is 5.73 Å². The molecule has 3 heteroatoms. The fraction of sp³-hybridized carbons (Fsp3) is 0.500. The van der Waals surface area contributed by atoms with Crippen LogP contribution in [0.2, 0.25) is 0 Å². The highest BCUT2D eigenvalue weighted by molar-refractivity contribution is 7.10. The Hall–Kier alpha value is -0.670. The molecular weight excluding hydrogens is 182 g/mol. The Morgan fingerprint density at radius 1 is 1.69 bits per heavy atom. The third kappa shape index (κ3) is 2.94. The first-order valence-corrected chi connectivity index (χ1v) is 5.28. The van der Waals surface area contributed by atoms with Crippen LogP contribution in [0.25, 0.3) is 0 Å². The van der Waals surface area contributed by atoms with Gasteiger partial charge in [0, 0.05) is 17.3 Å². The summed E-state index contributed by atoms with van der Waals surface area (Å²) in [5.41, 5.74) is 7.18. The zero-order chi connectivity index (χ0) is 9.84. The molecule has 1 aromatic rings. The van der Waals surface area contributed by atoms with Crippen molar-refractivity contribution in [2.45, 2.75) is 32.7 Å². The monoisotopic (exact) mass is 197 g/mol. The Morgan fingerprint density at radius 3 is 2.85 bits per heavy atom. The van der Waals surface area contributed by atoms with Crippen LogP contribution in [0.5, 0.6) is 0 Å². The van der Waals surface area contributed by atoms with Crippen molar-refractivity contribution in [2.24, 2.45) is 5.73 Å². The minimum Gasteiger partial charge on any atom is -0.323 e. The normalized spacial score (nSPS) is 12.8. The molecule has 1 unspecified atom stereocenters. The molecule has 1 atom stereocenters. The predicted molar refractivity (Wildman–Crippen MR) is 55.9 cm³/mol. The van der Waals surface area contributed by atoms with Gasteiger partial charge in [0.15, 0.2) is 0 Å². The van der Waals surface area contributed by atoms with Crippen LogP contribution < -0.4 is 5.73 Å². The molecule has 0 radical (unpaired) electrons. The second-order valence-electron chi connectivity index (χ2n) is 3.32. The summed E-state index contributed by atoms with van der Waals surface area (Å²) in [4.78, 5) is 12.0. The van der Waals surface area contributed by atoms with Gasteiger partial charge < -0.3 is 10.5 Å². The molecule has 0 aliphatic carbocycles. The number of thiophene rings is 1. The lowest BCUT2D eigenvalue weighted by atomic mass is 10.1. The molecule has 0 saturated carbocycles. The summed E-state index contributed by atoms with van der Waals surface area (Å²) in [6.45, 7) is 3.66. The Kier molecular flexibility index (Phi) is 3.63. The van der Waals surface area contributed by atoms with Gasteiger partial charge in [-0.25, -0.2) is 0 Å². The smallest absolute Gasteiger partial charge is 0.129 e. The fourth-order valence-electron chi connectivity index (χ4n) is 1.25. The van der Waals surface area contributed by atoms with E-state index in [2.05, 4.69) is 13.0 Å². The molecule has 0 saturated heterocycles. The van der Waals surface area contributed by atoms with Crippen molar-refractivity contribution in [3.63, 3.8) is 0 Å². The first kappa shape index (κ1) is 10.4. The number of ketones is 1. The lowest BCUT2D eigenvalue weighted by molar-refractivity contribution is -0.117. The number of carbonyl (C=O) groups excluding carboxylic acids is 1. The number of rotatable bonds is 4. The van der Waals surface area contributed by atoms with Crippen LogP contribution in [-0.4, -0.2) is 5.78 Å². The van der Waals surface area contributed by atoms with Gasteiger partial charge in [-0.15, -0.1) is 11.3 Å². The van der Waals surface area contributed by atoms with Crippen LogP contribution in [-0.2, 0) is 4.79 Å². The van der Waals surface area contributed by atoms with Gasteiger partial charge in [0.1, 0.15) is 5.78 Å². The molecule has 0 fully saturated rings. The van der Waals surface area contributed by atoms with Crippen LogP contribution in [0.1, 0.15) is 36.2 Å². The maximum absolute atomic E-state index is 10.8. The van der Waals surface area contributed by atoms with Crippen molar-refractivity contribution >= 4 is 17.1 Å². The summed E-state index contributed by atoms with van der Waals surface area (Å²) >= 11 is 1.67. The van der Waals surface area contributed by atoms with Crippen molar-refractivity contribution in [1.82, 2.24) is 0 Å². The predicted octanol–water partition coefficient (Wildman–Crippen LogP) is 2.43. The van der Waals surface area contributed by atoms with Crippen molar-refractivity contribution in [3.05, 3.63) is 21.9 Å². The molecule has 0 amide bonds. The molecule has 2 nitrogen and oxygen atoms in total. The third-order valence-corrected chi connectivity index (χ3v) is 3.20. The Bertz CT molecular complexity index is 293. The Morgan fingerprint density at radius 2 is 2.38 bits per heavy atom. The Labute approximate surface area is 82.8 Å². The standard InChI is InChI=1S/C10H15NOS/c1-7-5-6-13-10(7)9(11)4-3-8(2)12/h5-6,9H,3-4,11H2,1-2H3. The van der Waals surface area contributed by atoms with Crippen LogP contribution >= 0.6 is 11.3 Å². The van der Waals surface area contributed by atoms with E-state index >= 15 is 0 Å². The summed E-state index contributed by atoms with van der Waals surface area (Å²) in [7, 11) is 0. The minimum atomic E-state index is 0.0314. The van der Waals surface area contributed by atoms with E-state index in [-0.39, 0.29) is 11.8 Å². The van der Waals surface area contributed by atoms with Gasteiger partial charge >= 0.3 is 0 Å². The van der Waals surface area contributed by atoms with Gasteiger partial charge in [-0.2, -0.15) is 0 Å². The van der Waals surface area contributed by atoms with E-state index in [1.165, 1.54) is 10.4 Å². The fourth-order valence-corrected chi connectivity index (χ4v) is 2.22. The first-order valence-electron chi connectivity index (χ1n) is 4.40. The lowest BCUT2D eigenvalue weighted by Crippen LogP contribution is -2.11. The van der Waals surface area contributed by atoms with E-state index in [1.807, 2.05) is 5.38 Å². The second kappa shape index (κ2) is 4.53. The maximum Gasteiger partial charge on any atom is 0.129 e. The summed E-state index contributed by atoms with van der Waals surface area (Å²) in [5, 5.41) is 2.04. The van der Waals surface area contributed by atoms with Gasteiger partial charge in [-0.1, -0.05) is 0 Å². The molecule has 0 aliphatic rings. The molecule has 2 N–H and O–H groups in total. The van der Waals surface area contributed by atoms with E-state index in [1.54, 1.807) is 18.3 Å². The molecule has 1 rings (SSSR count). The SMILES string of the molecule is CC(=O)CCC(N)c1sccc1C. The number of hydrogen-bond acceptors (Lipinski definition) is 3. The summed E-state index contributed by atoms with van der Waals surface area (Å²) in [6.07, 6.45) is 1.34. The molecule has 0 spiro atoms. The highest BCUT2D eigenvalue weighted by Crippen LogP contribution is 2.25. The van der Waals surface area contributed by atoms with Gasteiger partial charge in [-0.3, -0.25) is 0 Å². The number of Topliss-reactive ketones (excluding diaryl/α,β-unsaturated/α-hetero) is 1. The van der Waals surface area contributed by atoms with Crippen LogP contribution in [0.3, 0.4) is 0 Å². The molecule has 0 bridgehead atoms. The second-order valence-corrected chi connectivity index (χ2v) is 4.26. The highest BCUT2D eigenvalue weighted by Gasteiger charge is 2.10. The summed E-state index contributed by atoms with van der Waals surface area (Å²) in [6, 6.07) is 2.09. The van der Waals surface area contributed by atoms with E-state index < -0.39 is 0 Å². The van der Waals surface area contributed by atoms with Crippen LogP contribution in [0.4, 0.5) is 0 Å². The zero-order valence-electron chi connectivity index (χ0n) is 8.04. The summed E-state index contributed by atoms with van der Waals surface area (Å²) < 4.78 is 0. The van der Waals surface area contributed by atoms with Gasteiger partial charge in [-0.05, 0) is 37.3 Å². The van der Waals surface area contributed by atoms with E-state index in [0.717, 1.165) is 6.42 Å². The molecule has 0 aliphatic heterocycles. The third-order valence-electron chi connectivity index (χ3n) is 2.05. The van der Waals surface area contributed by atoms with Gasteiger partial charge in [0.2, 0.25) is 0 Å². The van der Waals surface area contributed by atoms with Gasteiger partial charge in [0.25, 0.3) is 0 Å². The highest BCUT2D eigenvalue weighted by atomic mass is 32.1. The van der Waals surface area contributed by atoms with Crippen LogP contribution in [0, 0.1) is 6.92 Å². The van der Waals surface area contributed by atoms with Crippen molar-refractivity contribution in [3.8, 4) is 0 Å². The molecule has 1 heterocycles. The molecular formula is C10H15NOS. The largest absolute Gasteiger partial charge is 0.323 e. The number of aryl methyl sites for hydroxylation is 1. The lowest BCUT2D eigenvalue weighted by Gasteiger charge is -2.09. The quantitative estimate of drug-likeness (QED) is 0.805. The van der Waals surface area contributed by atoms with Crippen molar-refractivity contribution in [2.75, 3.05) is 0 Å². The molecule has 0 aromatic carbocycles. The van der Waals surface area contributed by atoms with Crippen molar-refractivity contribution in [1.29, 1.82) is 0 Å². The maximum atomic E-state index is 10.8. The van der Waals surface area contributed by atoms with Crippen LogP contribution in [0.15, 0.2) is 11.4 Å². The Balaban J connectivity index is 2.53. The van der Waals surface area contributed by atoms with Crippen molar-refractivity contribution < 1.29 is 4.79 Å². The molecule has 1 aromatic heterocycles. The van der Waals surface area contributed by atoms with E-state index in [0.29, 0.717) is 6.42 Å².